The Morgan fingerprint density at radius 1 is 1.19 bits per heavy atom. The van der Waals surface area contributed by atoms with Crippen molar-refractivity contribution >= 4 is 39.8 Å². The smallest absolute Gasteiger partial charge is 0.194 e. The molecule has 0 radical (unpaired) electrons. The Morgan fingerprint density at radius 3 is 2.37 bits per heavy atom. The van der Waals surface area contributed by atoms with E-state index in [1.54, 1.807) is 21.1 Å². The third-order valence-corrected chi connectivity index (χ3v) is 6.14. The van der Waals surface area contributed by atoms with Gasteiger partial charge in [-0.05, 0) is 36.6 Å². The molecule has 0 spiro atoms. The summed E-state index contributed by atoms with van der Waals surface area (Å²) in [6.45, 7) is 6.18. The molecule has 0 aromatic heterocycles. The van der Waals surface area contributed by atoms with Crippen LogP contribution in [0.1, 0.15) is 25.0 Å². The standard InChI is InChI=1S/C18H29N3O4S.HI/c1-5-19-18(20-8-10-26(22,23)6-2)21-9-7-14-11-16(24-3)17(25-4)12-15(14)13-21;/h11-12H,5-10,13H2,1-4H3,(H,19,20);1H. The molecule has 0 fully saturated rings. The quantitative estimate of drug-likeness (QED) is 0.343. The fourth-order valence-corrected chi connectivity index (χ4v) is 3.58. The number of aliphatic imine (C=N–C) groups is 1. The second kappa shape index (κ2) is 10.9. The fourth-order valence-electron chi connectivity index (χ4n) is 2.92. The molecule has 0 amide bonds. The van der Waals surface area contributed by atoms with Gasteiger partial charge in [-0.25, -0.2) is 8.42 Å². The van der Waals surface area contributed by atoms with Crippen molar-refractivity contribution in [2.75, 3.05) is 45.4 Å². The summed E-state index contributed by atoms with van der Waals surface area (Å²) in [5.41, 5.74) is 2.41. The zero-order chi connectivity index (χ0) is 19.2. The number of guanidine groups is 1. The molecule has 1 aromatic rings. The number of sulfone groups is 1. The molecule has 0 aliphatic carbocycles. The number of nitrogens with zero attached hydrogens (tertiary/aromatic N) is 2. The Balaban J connectivity index is 0.00000364. The van der Waals surface area contributed by atoms with Crippen molar-refractivity contribution < 1.29 is 17.9 Å². The number of hydrogen-bond acceptors (Lipinski definition) is 5. The van der Waals surface area contributed by atoms with Gasteiger partial charge in [0.1, 0.15) is 0 Å². The maximum absolute atomic E-state index is 11.7. The number of methoxy groups -OCH3 is 2. The molecule has 0 atom stereocenters. The van der Waals surface area contributed by atoms with Crippen LogP contribution in [0.3, 0.4) is 0 Å². The highest BCUT2D eigenvalue weighted by atomic mass is 127. The lowest BCUT2D eigenvalue weighted by Gasteiger charge is -2.32. The molecular formula is C18H30IN3O4S. The number of ether oxygens (including phenoxy) is 2. The van der Waals surface area contributed by atoms with Crippen molar-refractivity contribution in [3.05, 3.63) is 23.3 Å². The van der Waals surface area contributed by atoms with E-state index in [0.29, 0.717) is 12.3 Å². The Bertz CT molecular complexity index is 753. The van der Waals surface area contributed by atoms with E-state index in [4.69, 9.17) is 9.47 Å². The van der Waals surface area contributed by atoms with Crippen LogP contribution in [0.5, 0.6) is 11.5 Å². The minimum Gasteiger partial charge on any atom is -0.493 e. The normalized spacial score (nSPS) is 14.2. The van der Waals surface area contributed by atoms with Gasteiger partial charge in [0, 0.05) is 25.4 Å². The van der Waals surface area contributed by atoms with E-state index in [1.165, 1.54) is 11.1 Å². The molecule has 1 aliphatic heterocycles. The number of nitrogens with one attached hydrogen (secondary N) is 1. The molecule has 0 unspecified atom stereocenters. The molecule has 27 heavy (non-hydrogen) atoms. The largest absolute Gasteiger partial charge is 0.493 e. The van der Waals surface area contributed by atoms with Crippen LogP contribution >= 0.6 is 24.0 Å². The molecule has 1 aliphatic rings. The summed E-state index contributed by atoms with van der Waals surface area (Å²) >= 11 is 0. The van der Waals surface area contributed by atoms with Gasteiger partial charge < -0.3 is 19.7 Å². The Hall–Kier alpha value is -1.23. The average Bonchev–Trinajstić information content (AvgIpc) is 2.65. The van der Waals surface area contributed by atoms with Crippen LogP contribution in [-0.4, -0.2) is 64.6 Å². The van der Waals surface area contributed by atoms with Gasteiger partial charge in [0.15, 0.2) is 27.3 Å². The second-order valence-electron chi connectivity index (χ2n) is 6.12. The van der Waals surface area contributed by atoms with E-state index >= 15 is 0 Å². The van der Waals surface area contributed by atoms with Crippen LogP contribution in [0.4, 0.5) is 0 Å². The monoisotopic (exact) mass is 511 g/mol. The third-order valence-electron chi connectivity index (χ3n) is 4.46. The first-order valence-corrected chi connectivity index (χ1v) is 10.7. The van der Waals surface area contributed by atoms with E-state index in [9.17, 15) is 8.42 Å². The molecule has 1 aromatic carbocycles. The molecule has 7 nitrogen and oxygen atoms in total. The first kappa shape index (κ1) is 23.8. The molecular weight excluding hydrogens is 481 g/mol. The highest BCUT2D eigenvalue weighted by Gasteiger charge is 2.21. The van der Waals surface area contributed by atoms with Crippen molar-refractivity contribution in [2.24, 2.45) is 4.99 Å². The maximum atomic E-state index is 11.7. The predicted octanol–water partition coefficient (Wildman–Crippen LogP) is 2.08. The van der Waals surface area contributed by atoms with Crippen molar-refractivity contribution in [3.63, 3.8) is 0 Å². The van der Waals surface area contributed by atoms with Gasteiger partial charge in [0.25, 0.3) is 0 Å². The lowest BCUT2D eigenvalue weighted by molar-refractivity contribution is 0.346. The summed E-state index contributed by atoms with van der Waals surface area (Å²) < 4.78 is 34.1. The van der Waals surface area contributed by atoms with Crippen LogP contribution in [-0.2, 0) is 22.8 Å². The molecule has 0 saturated heterocycles. The van der Waals surface area contributed by atoms with E-state index in [2.05, 4.69) is 15.2 Å². The van der Waals surface area contributed by atoms with E-state index < -0.39 is 9.84 Å². The predicted molar refractivity (Wildman–Crippen MR) is 119 cm³/mol. The molecule has 1 N–H and O–H groups in total. The zero-order valence-corrected chi connectivity index (χ0v) is 19.6. The number of benzene rings is 1. The first-order chi connectivity index (χ1) is 12.4. The number of rotatable bonds is 7. The van der Waals surface area contributed by atoms with Crippen LogP contribution in [0.2, 0.25) is 0 Å². The molecule has 9 heteroatoms. The van der Waals surface area contributed by atoms with Gasteiger partial charge in [-0.1, -0.05) is 6.92 Å². The van der Waals surface area contributed by atoms with Gasteiger partial charge in [0.2, 0.25) is 0 Å². The Labute approximate surface area is 179 Å². The summed E-state index contributed by atoms with van der Waals surface area (Å²) in [4.78, 5) is 6.66. The van der Waals surface area contributed by atoms with Crippen LogP contribution in [0.15, 0.2) is 17.1 Å². The van der Waals surface area contributed by atoms with Gasteiger partial charge in [-0.15, -0.1) is 24.0 Å². The number of hydrogen-bond donors (Lipinski definition) is 1. The van der Waals surface area contributed by atoms with Gasteiger partial charge in [0.05, 0.1) is 26.5 Å². The summed E-state index contributed by atoms with van der Waals surface area (Å²) in [6, 6.07) is 4.04. The van der Waals surface area contributed by atoms with Crippen molar-refractivity contribution in [1.82, 2.24) is 10.2 Å². The highest BCUT2D eigenvalue weighted by molar-refractivity contribution is 14.0. The third kappa shape index (κ3) is 6.41. The zero-order valence-electron chi connectivity index (χ0n) is 16.4. The molecule has 0 saturated carbocycles. The lowest BCUT2D eigenvalue weighted by atomic mass is 9.99. The minimum absolute atomic E-state index is 0. The topological polar surface area (TPSA) is 80.2 Å². The molecule has 154 valence electrons. The minimum atomic E-state index is -3.01. The highest BCUT2D eigenvalue weighted by Crippen LogP contribution is 2.33. The number of halogens is 1. The second-order valence-corrected chi connectivity index (χ2v) is 8.59. The first-order valence-electron chi connectivity index (χ1n) is 8.91. The van der Waals surface area contributed by atoms with Gasteiger partial charge in [-0.3, -0.25) is 4.99 Å². The van der Waals surface area contributed by atoms with Crippen molar-refractivity contribution in [2.45, 2.75) is 26.8 Å². The Kier molecular flexibility index (Phi) is 9.65. The lowest BCUT2D eigenvalue weighted by Crippen LogP contribution is -2.44. The summed E-state index contributed by atoms with van der Waals surface area (Å²) in [7, 11) is 0.258. The van der Waals surface area contributed by atoms with E-state index in [-0.39, 0.29) is 42.0 Å². The van der Waals surface area contributed by atoms with E-state index in [1.807, 2.05) is 19.1 Å². The van der Waals surface area contributed by atoms with Gasteiger partial charge in [-0.2, -0.15) is 0 Å². The van der Waals surface area contributed by atoms with Crippen LogP contribution in [0.25, 0.3) is 0 Å². The number of fused-ring (bicyclic) bond motifs is 1. The fraction of sp³-hybridized carbons (Fsp3) is 0.611. The summed E-state index contributed by atoms with van der Waals surface area (Å²) in [5, 5.41) is 3.26. The molecule has 1 heterocycles. The summed E-state index contributed by atoms with van der Waals surface area (Å²) in [5.74, 6) is 2.43. The molecule has 0 bridgehead atoms. The van der Waals surface area contributed by atoms with Crippen LogP contribution in [0, 0.1) is 0 Å². The van der Waals surface area contributed by atoms with Crippen molar-refractivity contribution in [1.29, 1.82) is 0 Å². The summed E-state index contributed by atoms with van der Waals surface area (Å²) in [6.07, 6.45) is 0.868. The molecule has 2 rings (SSSR count). The van der Waals surface area contributed by atoms with Gasteiger partial charge >= 0.3 is 0 Å². The van der Waals surface area contributed by atoms with E-state index in [0.717, 1.165) is 31.2 Å². The van der Waals surface area contributed by atoms with Crippen molar-refractivity contribution in [3.8, 4) is 11.5 Å². The Morgan fingerprint density at radius 2 is 1.81 bits per heavy atom. The maximum Gasteiger partial charge on any atom is 0.194 e. The SMILES string of the molecule is CCNC(=NCCS(=O)(=O)CC)N1CCc2cc(OC)c(OC)cc2C1.I. The van der Waals surface area contributed by atoms with Crippen LogP contribution < -0.4 is 14.8 Å². The average molecular weight is 511 g/mol.